The summed E-state index contributed by atoms with van der Waals surface area (Å²) in [4.78, 5) is 0. The normalized spacial score (nSPS) is 12.4. The standard InChI is InChI=1S/C14H13BrClFN2/c15-11-4-5-13(17)10(6-11)8-14(19-18)9-2-1-3-12(16)7-9/h1-7,14,19H,8,18H2. The molecule has 0 saturated carbocycles. The van der Waals surface area contributed by atoms with Gasteiger partial charge in [0.05, 0.1) is 6.04 Å². The van der Waals surface area contributed by atoms with Gasteiger partial charge in [-0.25, -0.2) is 4.39 Å². The number of nitrogens with one attached hydrogen (secondary N) is 1. The Morgan fingerprint density at radius 2 is 2.05 bits per heavy atom. The second kappa shape index (κ2) is 6.48. The minimum atomic E-state index is -0.245. The summed E-state index contributed by atoms with van der Waals surface area (Å²) in [5, 5.41) is 0.632. The van der Waals surface area contributed by atoms with Crippen LogP contribution in [0.25, 0.3) is 0 Å². The second-order valence-corrected chi connectivity index (χ2v) is 5.57. The molecule has 1 unspecified atom stereocenters. The van der Waals surface area contributed by atoms with Crippen molar-refractivity contribution in [3.05, 3.63) is 68.9 Å². The average Bonchev–Trinajstić information content (AvgIpc) is 2.39. The second-order valence-electron chi connectivity index (χ2n) is 4.21. The van der Waals surface area contributed by atoms with Gasteiger partial charge in [-0.2, -0.15) is 0 Å². The van der Waals surface area contributed by atoms with Crippen LogP contribution in [0.2, 0.25) is 5.02 Å². The molecule has 0 fully saturated rings. The van der Waals surface area contributed by atoms with E-state index in [1.807, 2.05) is 18.2 Å². The van der Waals surface area contributed by atoms with Gasteiger partial charge in [-0.1, -0.05) is 39.7 Å². The molecule has 100 valence electrons. The Morgan fingerprint density at radius 3 is 2.74 bits per heavy atom. The Morgan fingerprint density at radius 1 is 1.26 bits per heavy atom. The van der Waals surface area contributed by atoms with Gasteiger partial charge in [0.15, 0.2) is 0 Å². The van der Waals surface area contributed by atoms with Crippen LogP contribution in [0.5, 0.6) is 0 Å². The molecule has 2 rings (SSSR count). The Labute approximate surface area is 124 Å². The van der Waals surface area contributed by atoms with Crippen molar-refractivity contribution in [3.8, 4) is 0 Å². The molecule has 0 spiro atoms. The number of rotatable bonds is 4. The lowest BCUT2D eigenvalue weighted by atomic mass is 9.99. The first-order valence-corrected chi connectivity index (χ1v) is 6.93. The molecule has 1 atom stereocenters. The molecule has 0 amide bonds. The maximum atomic E-state index is 13.7. The summed E-state index contributed by atoms with van der Waals surface area (Å²) in [7, 11) is 0. The minimum Gasteiger partial charge on any atom is -0.271 e. The highest BCUT2D eigenvalue weighted by Crippen LogP contribution is 2.24. The molecule has 0 aliphatic rings. The lowest BCUT2D eigenvalue weighted by Crippen LogP contribution is -2.29. The molecule has 2 aromatic carbocycles. The number of hydrogen-bond donors (Lipinski definition) is 2. The summed E-state index contributed by atoms with van der Waals surface area (Å²) >= 11 is 9.29. The first kappa shape index (κ1) is 14.5. The molecule has 3 N–H and O–H groups in total. The van der Waals surface area contributed by atoms with Gasteiger partial charge in [0, 0.05) is 9.50 Å². The van der Waals surface area contributed by atoms with Crippen LogP contribution in [0.1, 0.15) is 17.2 Å². The third kappa shape index (κ3) is 3.76. The Balaban J connectivity index is 2.26. The van der Waals surface area contributed by atoms with Crippen molar-refractivity contribution in [1.82, 2.24) is 5.43 Å². The van der Waals surface area contributed by atoms with E-state index in [-0.39, 0.29) is 11.9 Å². The summed E-state index contributed by atoms with van der Waals surface area (Å²) in [6.07, 6.45) is 0.447. The molecule has 0 saturated heterocycles. The summed E-state index contributed by atoms with van der Waals surface area (Å²) in [5.74, 6) is 5.32. The van der Waals surface area contributed by atoms with Gasteiger partial charge < -0.3 is 0 Å². The molecule has 0 aliphatic carbocycles. The van der Waals surface area contributed by atoms with Gasteiger partial charge in [0.25, 0.3) is 0 Å². The first-order valence-electron chi connectivity index (χ1n) is 5.75. The van der Waals surface area contributed by atoms with E-state index in [0.29, 0.717) is 17.0 Å². The molecular weight excluding hydrogens is 331 g/mol. The fourth-order valence-corrected chi connectivity index (χ4v) is 2.52. The van der Waals surface area contributed by atoms with Gasteiger partial charge in [-0.05, 0) is 47.9 Å². The molecule has 0 aliphatic heterocycles. The molecule has 0 radical (unpaired) electrons. The van der Waals surface area contributed by atoms with Gasteiger partial charge in [-0.3, -0.25) is 11.3 Å². The highest BCUT2D eigenvalue weighted by atomic mass is 79.9. The monoisotopic (exact) mass is 342 g/mol. The number of halogens is 3. The maximum Gasteiger partial charge on any atom is 0.126 e. The summed E-state index contributed by atoms with van der Waals surface area (Å²) in [6.45, 7) is 0. The number of benzene rings is 2. The number of hydrogen-bond acceptors (Lipinski definition) is 2. The lowest BCUT2D eigenvalue weighted by Gasteiger charge is -2.17. The van der Waals surface area contributed by atoms with Crippen LogP contribution >= 0.6 is 27.5 Å². The third-order valence-electron chi connectivity index (χ3n) is 2.88. The maximum absolute atomic E-state index is 13.7. The van der Waals surface area contributed by atoms with Crippen molar-refractivity contribution in [2.24, 2.45) is 5.84 Å². The zero-order valence-corrected chi connectivity index (χ0v) is 12.4. The van der Waals surface area contributed by atoms with Gasteiger partial charge in [0.1, 0.15) is 5.82 Å². The summed E-state index contributed by atoms with van der Waals surface area (Å²) in [6, 6.07) is 12.0. The molecule has 2 aromatic rings. The Bertz CT molecular complexity index is 577. The average molecular weight is 344 g/mol. The van der Waals surface area contributed by atoms with Crippen LogP contribution in [-0.4, -0.2) is 0 Å². The Hall–Kier alpha value is -0.940. The molecule has 0 heterocycles. The highest BCUT2D eigenvalue weighted by Gasteiger charge is 2.13. The fourth-order valence-electron chi connectivity index (χ4n) is 1.92. The fraction of sp³-hybridized carbons (Fsp3) is 0.143. The first-order chi connectivity index (χ1) is 9.10. The number of nitrogens with two attached hydrogens (primary N) is 1. The predicted molar refractivity (Wildman–Crippen MR) is 79.3 cm³/mol. The van der Waals surface area contributed by atoms with Crippen LogP contribution in [0.3, 0.4) is 0 Å². The van der Waals surface area contributed by atoms with Gasteiger partial charge in [0.2, 0.25) is 0 Å². The van der Waals surface area contributed by atoms with Crippen LogP contribution in [0, 0.1) is 5.82 Å². The van der Waals surface area contributed by atoms with E-state index in [0.717, 1.165) is 10.0 Å². The molecular formula is C14H13BrClFN2. The van der Waals surface area contributed by atoms with E-state index >= 15 is 0 Å². The zero-order chi connectivity index (χ0) is 13.8. The highest BCUT2D eigenvalue weighted by molar-refractivity contribution is 9.10. The zero-order valence-electron chi connectivity index (χ0n) is 10.0. The molecule has 5 heteroatoms. The lowest BCUT2D eigenvalue weighted by molar-refractivity contribution is 0.529. The van der Waals surface area contributed by atoms with Crippen LogP contribution in [0.4, 0.5) is 4.39 Å². The smallest absolute Gasteiger partial charge is 0.126 e. The Kier molecular flexibility index (Phi) is 4.93. The van der Waals surface area contributed by atoms with E-state index in [4.69, 9.17) is 17.4 Å². The van der Waals surface area contributed by atoms with E-state index in [1.54, 1.807) is 18.2 Å². The quantitative estimate of drug-likeness (QED) is 0.651. The van der Waals surface area contributed by atoms with Crippen molar-refractivity contribution < 1.29 is 4.39 Å². The van der Waals surface area contributed by atoms with Crippen molar-refractivity contribution in [2.45, 2.75) is 12.5 Å². The molecule has 0 aromatic heterocycles. The van der Waals surface area contributed by atoms with E-state index in [1.165, 1.54) is 6.07 Å². The van der Waals surface area contributed by atoms with Crippen molar-refractivity contribution >= 4 is 27.5 Å². The topological polar surface area (TPSA) is 38.0 Å². The molecule has 0 bridgehead atoms. The SMILES string of the molecule is NNC(Cc1cc(Br)ccc1F)c1cccc(Cl)c1. The molecule has 19 heavy (non-hydrogen) atoms. The van der Waals surface area contributed by atoms with Crippen LogP contribution in [0.15, 0.2) is 46.9 Å². The largest absolute Gasteiger partial charge is 0.271 e. The van der Waals surface area contributed by atoms with Crippen molar-refractivity contribution in [2.75, 3.05) is 0 Å². The van der Waals surface area contributed by atoms with Crippen molar-refractivity contribution in [1.29, 1.82) is 0 Å². The minimum absolute atomic E-state index is 0.192. The van der Waals surface area contributed by atoms with Crippen molar-refractivity contribution in [3.63, 3.8) is 0 Å². The van der Waals surface area contributed by atoms with Gasteiger partial charge >= 0.3 is 0 Å². The predicted octanol–water partition coefficient (Wildman–Crippen LogP) is 3.99. The summed E-state index contributed by atoms with van der Waals surface area (Å²) in [5.41, 5.74) is 4.22. The van der Waals surface area contributed by atoms with Gasteiger partial charge in [-0.15, -0.1) is 0 Å². The van der Waals surface area contributed by atoms with E-state index < -0.39 is 0 Å². The third-order valence-corrected chi connectivity index (χ3v) is 3.61. The van der Waals surface area contributed by atoms with Crippen LogP contribution < -0.4 is 11.3 Å². The van der Waals surface area contributed by atoms with E-state index in [2.05, 4.69) is 21.4 Å². The van der Waals surface area contributed by atoms with E-state index in [9.17, 15) is 4.39 Å². The molecule has 2 nitrogen and oxygen atoms in total. The number of hydrazine groups is 1. The van der Waals surface area contributed by atoms with Crippen LogP contribution in [-0.2, 0) is 6.42 Å². The summed E-state index contributed by atoms with van der Waals surface area (Å²) < 4.78 is 14.6.